The molecule has 0 radical (unpaired) electrons. The number of benzene rings is 2. The number of hydrogen-bond acceptors (Lipinski definition) is 1. The Morgan fingerprint density at radius 3 is 2.39 bits per heavy atom. The van der Waals surface area contributed by atoms with Gasteiger partial charge in [0.1, 0.15) is 5.82 Å². The average molecular weight is 244 g/mol. The third kappa shape index (κ3) is 2.96. The van der Waals surface area contributed by atoms with E-state index < -0.39 is 5.60 Å². The van der Waals surface area contributed by atoms with Crippen LogP contribution in [0.1, 0.15) is 23.6 Å². The van der Waals surface area contributed by atoms with Gasteiger partial charge >= 0.3 is 0 Å². The maximum atomic E-state index is 13.1. The van der Waals surface area contributed by atoms with E-state index in [-0.39, 0.29) is 5.82 Å². The monoisotopic (exact) mass is 244 g/mol. The minimum absolute atomic E-state index is 0.271. The highest BCUT2D eigenvalue weighted by molar-refractivity contribution is 5.29. The molecule has 18 heavy (non-hydrogen) atoms. The van der Waals surface area contributed by atoms with E-state index in [2.05, 4.69) is 0 Å². The Morgan fingerprint density at radius 2 is 1.78 bits per heavy atom. The maximum absolute atomic E-state index is 13.1. The van der Waals surface area contributed by atoms with Crippen LogP contribution in [0.25, 0.3) is 0 Å². The predicted molar refractivity (Wildman–Crippen MR) is 70.9 cm³/mol. The van der Waals surface area contributed by atoms with Crippen LogP contribution in [-0.4, -0.2) is 5.11 Å². The second-order valence-electron chi connectivity index (χ2n) is 4.95. The van der Waals surface area contributed by atoms with Crippen molar-refractivity contribution in [2.24, 2.45) is 0 Å². The second-order valence-corrected chi connectivity index (χ2v) is 4.95. The lowest BCUT2D eigenvalue weighted by atomic mass is 9.89. The Hall–Kier alpha value is -1.67. The van der Waals surface area contributed by atoms with Crippen LogP contribution in [0, 0.1) is 12.7 Å². The van der Waals surface area contributed by atoms with Crippen LogP contribution in [0.3, 0.4) is 0 Å². The normalized spacial score (nSPS) is 14.2. The summed E-state index contributed by atoms with van der Waals surface area (Å²) in [5.74, 6) is -0.271. The van der Waals surface area contributed by atoms with Gasteiger partial charge in [-0.3, -0.25) is 0 Å². The number of rotatable bonds is 3. The van der Waals surface area contributed by atoms with Crippen molar-refractivity contribution in [1.29, 1.82) is 0 Å². The zero-order valence-electron chi connectivity index (χ0n) is 10.7. The SMILES string of the molecule is Cc1ccc(C(C)(O)Cc2cccc(F)c2)cc1. The van der Waals surface area contributed by atoms with Crippen molar-refractivity contribution in [3.05, 3.63) is 71.0 Å². The van der Waals surface area contributed by atoms with Crippen LogP contribution >= 0.6 is 0 Å². The van der Waals surface area contributed by atoms with E-state index in [1.165, 1.54) is 12.1 Å². The van der Waals surface area contributed by atoms with Crippen LogP contribution in [0.5, 0.6) is 0 Å². The maximum Gasteiger partial charge on any atom is 0.123 e. The molecule has 1 unspecified atom stereocenters. The van der Waals surface area contributed by atoms with E-state index >= 15 is 0 Å². The van der Waals surface area contributed by atoms with Crippen LogP contribution < -0.4 is 0 Å². The molecule has 0 heterocycles. The molecule has 0 spiro atoms. The van der Waals surface area contributed by atoms with E-state index in [1.807, 2.05) is 37.3 Å². The Kier molecular flexibility index (Phi) is 3.48. The summed E-state index contributed by atoms with van der Waals surface area (Å²) in [5, 5.41) is 10.5. The van der Waals surface area contributed by atoms with Gasteiger partial charge in [0.2, 0.25) is 0 Å². The molecule has 0 aliphatic carbocycles. The molecule has 0 aliphatic heterocycles. The molecular formula is C16H17FO. The lowest BCUT2D eigenvalue weighted by molar-refractivity contribution is 0.0575. The lowest BCUT2D eigenvalue weighted by Gasteiger charge is -2.24. The Balaban J connectivity index is 2.23. The smallest absolute Gasteiger partial charge is 0.123 e. The standard InChI is InChI=1S/C16H17FO/c1-12-6-8-14(9-7-12)16(2,18)11-13-4-3-5-15(17)10-13/h3-10,18H,11H2,1-2H3. The van der Waals surface area contributed by atoms with Crippen LogP contribution in [0.15, 0.2) is 48.5 Å². The zero-order valence-corrected chi connectivity index (χ0v) is 10.7. The van der Waals surface area contributed by atoms with Gasteiger partial charge in [-0.05, 0) is 37.1 Å². The molecular weight excluding hydrogens is 227 g/mol. The van der Waals surface area contributed by atoms with Gasteiger partial charge in [0.25, 0.3) is 0 Å². The predicted octanol–water partition coefficient (Wildman–Crippen LogP) is 3.58. The minimum atomic E-state index is -0.985. The summed E-state index contributed by atoms with van der Waals surface area (Å²) in [4.78, 5) is 0. The van der Waals surface area contributed by atoms with Gasteiger partial charge < -0.3 is 5.11 Å². The Morgan fingerprint density at radius 1 is 1.11 bits per heavy atom. The number of aliphatic hydroxyl groups is 1. The first-order valence-electron chi connectivity index (χ1n) is 6.01. The molecule has 1 N–H and O–H groups in total. The van der Waals surface area contributed by atoms with Crippen molar-refractivity contribution < 1.29 is 9.50 Å². The minimum Gasteiger partial charge on any atom is -0.385 e. The molecule has 2 aromatic rings. The second kappa shape index (κ2) is 4.91. The van der Waals surface area contributed by atoms with Gasteiger partial charge in [-0.15, -0.1) is 0 Å². The van der Waals surface area contributed by atoms with Crippen molar-refractivity contribution in [3.8, 4) is 0 Å². The molecule has 0 fully saturated rings. The summed E-state index contributed by atoms with van der Waals surface area (Å²) in [6, 6.07) is 14.1. The first kappa shape index (κ1) is 12.8. The summed E-state index contributed by atoms with van der Waals surface area (Å²) in [6.45, 7) is 3.76. The van der Waals surface area contributed by atoms with E-state index in [0.29, 0.717) is 6.42 Å². The molecule has 0 saturated heterocycles. The van der Waals surface area contributed by atoms with Crippen LogP contribution in [0.2, 0.25) is 0 Å². The molecule has 0 bridgehead atoms. The Bertz CT molecular complexity index is 529. The lowest BCUT2D eigenvalue weighted by Crippen LogP contribution is -2.24. The van der Waals surface area contributed by atoms with Gasteiger partial charge in [-0.2, -0.15) is 0 Å². The molecule has 1 nitrogen and oxygen atoms in total. The van der Waals surface area contributed by atoms with Gasteiger partial charge in [0.15, 0.2) is 0 Å². The van der Waals surface area contributed by atoms with E-state index in [9.17, 15) is 9.50 Å². The molecule has 94 valence electrons. The number of halogens is 1. The van der Waals surface area contributed by atoms with Gasteiger partial charge in [0, 0.05) is 6.42 Å². The van der Waals surface area contributed by atoms with Crippen molar-refractivity contribution >= 4 is 0 Å². The fourth-order valence-corrected chi connectivity index (χ4v) is 2.06. The molecule has 2 heteroatoms. The van der Waals surface area contributed by atoms with Crippen molar-refractivity contribution in [3.63, 3.8) is 0 Å². The van der Waals surface area contributed by atoms with Crippen molar-refractivity contribution in [1.82, 2.24) is 0 Å². The topological polar surface area (TPSA) is 20.2 Å². The molecule has 2 aromatic carbocycles. The highest BCUT2D eigenvalue weighted by Crippen LogP contribution is 2.25. The van der Waals surface area contributed by atoms with Crippen molar-refractivity contribution in [2.45, 2.75) is 25.9 Å². The molecule has 2 rings (SSSR count). The average Bonchev–Trinajstić information content (AvgIpc) is 2.29. The molecule has 1 atom stereocenters. The quantitative estimate of drug-likeness (QED) is 0.875. The van der Waals surface area contributed by atoms with E-state index in [0.717, 1.165) is 16.7 Å². The summed E-state index contributed by atoms with van der Waals surface area (Å²) in [7, 11) is 0. The summed E-state index contributed by atoms with van der Waals surface area (Å²) < 4.78 is 13.1. The number of hydrogen-bond donors (Lipinski definition) is 1. The fraction of sp³-hybridized carbons (Fsp3) is 0.250. The van der Waals surface area contributed by atoms with Gasteiger partial charge in [-0.1, -0.05) is 42.0 Å². The van der Waals surface area contributed by atoms with E-state index in [1.54, 1.807) is 13.0 Å². The van der Waals surface area contributed by atoms with E-state index in [4.69, 9.17) is 0 Å². The van der Waals surface area contributed by atoms with Gasteiger partial charge in [-0.25, -0.2) is 4.39 Å². The third-order valence-corrected chi connectivity index (χ3v) is 3.11. The highest BCUT2D eigenvalue weighted by Gasteiger charge is 2.23. The molecule has 0 amide bonds. The Labute approximate surface area is 107 Å². The third-order valence-electron chi connectivity index (χ3n) is 3.11. The largest absolute Gasteiger partial charge is 0.385 e. The summed E-state index contributed by atoms with van der Waals surface area (Å²) in [5.41, 5.74) is 1.81. The first-order valence-corrected chi connectivity index (χ1v) is 6.01. The van der Waals surface area contributed by atoms with Gasteiger partial charge in [0.05, 0.1) is 5.60 Å². The molecule has 0 aromatic heterocycles. The fourth-order valence-electron chi connectivity index (χ4n) is 2.06. The highest BCUT2D eigenvalue weighted by atomic mass is 19.1. The van der Waals surface area contributed by atoms with Crippen LogP contribution in [0.4, 0.5) is 4.39 Å². The molecule has 0 aliphatic rings. The number of aryl methyl sites for hydroxylation is 1. The summed E-state index contributed by atoms with van der Waals surface area (Å²) >= 11 is 0. The summed E-state index contributed by atoms with van der Waals surface area (Å²) in [6.07, 6.45) is 0.397. The first-order chi connectivity index (χ1) is 8.47. The molecule has 0 saturated carbocycles. The van der Waals surface area contributed by atoms with Crippen LogP contribution in [-0.2, 0) is 12.0 Å². The zero-order chi connectivity index (χ0) is 13.2. The van der Waals surface area contributed by atoms with Crippen molar-refractivity contribution in [2.75, 3.05) is 0 Å².